The second kappa shape index (κ2) is 7.12. The molecule has 1 saturated heterocycles. The molecule has 1 aromatic carbocycles. The van der Waals surface area contributed by atoms with Crippen molar-refractivity contribution in [2.24, 2.45) is 0 Å². The molecule has 1 amide bonds. The SMILES string of the molecule is N#CC1(NC(=O)Cc2nnc(Cc3nc4cc(N5CCCC5)ccc4s3)o2)CC1. The van der Waals surface area contributed by atoms with Gasteiger partial charge in [0.1, 0.15) is 17.0 Å². The fourth-order valence-corrected chi connectivity index (χ4v) is 4.55. The summed E-state index contributed by atoms with van der Waals surface area (Å²) in [5.74, 6) is 0.422. The van der Waals surface area contributed by atoms with Crippen molar-refractivity contribution in [2.75, 3.05) is 18.0 Å². The Morgan fingerprint density at radius 3 is 2.83 bits per heavy atom. The Morgan fingerprint density at radius 2 is 2.07 bits per heavy atom. The lowest BCUT2D eigenvalue weighted by Gasteiger charge is -2.16. The van der Waals surface area contributed by atoms with Gasteiger partial charge in [0, 0.05) is 18.8 Å². The molecule has 1 saturated carbocycles. The molecule has 0 spiro atoms. The van der Waals surface area contributed by atoms with Crippen LogP contribution in [0.1, 0.15) is 42.5 Å². The lowest BCUT2D eigenvalue weighted by molar-refractivity contribution is -0.121. The van der Waals surface area contributed by atoms with Gasteiger partial charge in [0.2, 0.25) is 17.7 Å². The molecule has 0 bridgehead atoms. The molecule has 1 N–H and O–H groups in total. The third kappa shape index (κ3) is 3.80. The van der Waals surface area contributed by atoms with Crippen LogP contribution in [0.15, 0.2) is 22.6 Å². The lowest BCUT2D eigenvalue weighted by Crippen LogP contribution is -2.36. The Kier molecular flexibility index (Phi) is 4.43. The third-order valence-corrected chi connectivity index (χ3v) is 6.39. The molecule has 29 heavy (non-hydrogen) atoms. The van der Waals surface area contributed by atoms with Gasteiger partial charge < -0.3 is 14.6 Å². The summed E-state index contributed by atoms with van der Waals surface area (Å²) in [6, 6.07) is 8.56. The average Bonchev–Trinajstić information content (AvgIpc) is 3.13. The van der Waals surface area contributed by atoms with Crippen LogP contribution in [0.3, 0.4) is 0 Å². The molecule has 1 aliphatic heterocycles. The van der Waals surface area contributed by atoms with E-state index in [0.717, 1.165) is 28.3 Å². The van der Waals surface area contributed by atoms with E-state index in [1.807, 2.05) is 0 Å². The molecule has 3 heterocycles. The molecule has 0 unspecified atom stereocenters. The van der Waals surface area contributed by atoms with E-state index in [0.29, 0.717) is 25.2 Å². The molecule has 148 valence electrons. The van der Waals surface area contributed by atoms with Crippen molar-refractivity contribution < 1.29 is 9.21 Å². The summed E-state index contributed by atoms with van der Waals surface area (Å²) < 4.78 is 6.75. The number of fused-ring (bicyclic) bond motifs is 1. The van der Waals surface area contributed by atoms with Gasteiger partial charge >= 0.3 is 0 Å². The second-order valence-electron chi connectivity index (χ2n) is 7.64. The first-order valence-electron chi connectivity index (χ1n) is 9.80. The van der Waals surface area contributed by atoms with Crippen molar-refractivity contribution in [3.05, 3.63) is 35.0 Å². The Balaban J connectivity index is 1.25. The van der Waals surface area contributed by atoms with E-state index in [4.69, 9.17) is 14.7 Å². The number of carbonyl (C=O) groups is 1. The van der Waals surface area contributed by atoms with Crippen molar-refractivity contribution in [3.63, 3.8) is 0 Å². The Labute approximate surface area is 171 Å². The van der Waals surface area contributed by atoms with Gasteiger partial charge in [-0.1, -0.05) is 0 Å². The summed E-state index contributed by atoms with van der Waals surface area (Å²) in [6.45, 7) is 2.21. The van der Waals surface area contributed by atoms with E-state index >= 15 is 0 Å². The summed E-state index contributed by atoms with van der Waals surface area (Å²) in [6.07, 6.45) is 4.30. The summed E-state index contributed by atoms with van der Waals surface area (Å²) in [7, 11) is 0. The van der Waals surface area contributed by atoms with Crippen molar-refractivity contribution in [1.29, 1.82) is 5.26 Å². The standard InChI is InChI=1S/C20H20N6O2S/c21-12-20(5-6-20)23-16(27)10-17-24-25-18(28-17)11-19-22-14-9-13(3-4-15(14)29-19)26-7-1-2-8-26/h3-4,9H,1-2,5-8,10-11H2,(H,23,27). The third-order valence-electron chi connectivity index (χ3n) is 5.35. The molecule has 1 aliphatic carbocycles. The Morgan fingerprint density at radius 1 is 1.28 bits per heavy atom. The summed E-state index contributed by atoms with van der Waals surface area (Å²) in [5.41, 5.74) is 1.53. The molecule has 0 atom stereocenters. The Hall–Kier alpha value is -2.99. The average molecular weight is 408 g/mol. The maximum absolute atomic E-state index is 12.0. The highest BCUT2D eigenvalue weighted by Gasteiger charge is 2.44. The molecule has 3 aromatic rings. The number of hydrogen-bond acceptors (Lipinski definition) is 8. The number of thiazole rings is 1. The van der Waals surface area contributed by atoms with Gasteiger partial charge in [0.05, 0.1) is 22.7 Å². The number of nitrogens with one attached hydrogen (secondary N) is 1. The predicted molar refractivity (Wildman–Crippen MR) is 108 cm³/mol. The molecule has 2 aromatic heterocycles. The minimum absolute atomic E-state index is 0.0184. The molecule has 0 radical (unpaired) electrons. The smallest absolute Gasteiger partial charge is 0.230 e. The minimum atomic E-state index is -0.686. The fraction of sp³-hybridized carbons (Fsp3) is 0.450. The van der Waals surface area contributed by atoms with Gasteiger partial charge in [-0.05, 0) is 43.9 Å². The van der Waals surface area contributed by atoms with Crippen LogP contribution in [0, 0.1) is 11.3 Å². The van der Waals surface area contributed by atoms with E-state index in [1.54, 1.807) is 11.3 Å². The Bertz CT molecular complexity index is 1100. The summed E-state index contributed by atoms with van der Waals surface area (Å²) in [5, 5.41) is 20.7. The lowest BCUT2D eigenvalue weighted by atomic mass is 10.3. The summed E-state index contributed by atoms with van der Waals surface area (Å²) in [4.78, 5) is 19.2. The van der Waals surface area contributed by atoms with Crippen molar-refractivity contribution in [3.8, 4) is 6.07 Å². The molecular formula is C20H20N6O2S. The largest absolute Gasteiger partial charge is 0.424 e. The normalized spacial score (nSPS) is 17.4. The van der Waals surface area contributed by atoms with Crippen LogP contribution in [0.5, 0.6) is 0 Å². The van der Waals surface area contributed by atoms with E-state index < -0.39 is 5.54 Å². The zero-order valence-electron chi connectivity index (χ0n) is 15.8. The van der Waals surface area contributed by atoms with Crippen LogP contribution in [0.25, 0.3) is 10.2 Å². The number of aromatic nitrogens is 3. The fourth-order valence-electron chi connectivity index (χ4n) is 3.61. The number of hydrogen-bond donors (Lipinski definition) is 1. The van der Waals surface area contributed by atoms with Crippen molar-refractivity contribution >= 4 is 33.1 Å². The van der Waals surface area contributed by atoms with Crippen LogP contribution in [0.4, 0.5) is 5.69 Å². The second-order valence-corrected chi connectivity index (χ2v) is 8.75. The quantitative estimate of drug-likeness (QED) is 0.668. The number of carbonyl (C=O) groups excluding carboxylic acids is 1. The first-order chi connectivity index (χ1) is 14.1. The molecular weight excluding hydrogens is 388 g/mol. The maximum Gasteiger partial charge on any atom is 0.230 e. The topological polar surface area (TPSA) is 108 Å². The number of anilines is 1. The highest BCUT2D eigenvalue weighted by Crippen LogP contribution is 2.34. The number of benzene rings is 1. The molecule has 2 aliphatic rings. The molecule has 5 rings (SSSR count). The van der Waals surface area contributed by atoms with E-state index in [-0.39, 0.29) is 18.2 Å². The van der Waals surface area contributed by atoms with Crippen LogP contribution in [0.2, 0.25) is 0 Å². The monoisotopic (exact) mass is 408 g/mol. The van der Waals surface area contributed by atoms with E-state index in [1.165, 1.54) is 18.5 Å². The first kappa shape index (κ1) is 18.1. The van der Waals surface area contributed by atoms with E-state index in [2.05, 4.69) is 44.7 Å². The highest BCUT2D eigenvalue weighted by molar-refractivity contribution is 7.18. The number of rotatable bonds is 6. The van der Waals surface area contributed by atoms with Crippen LogP contribution < -0.4 is 10.2 Å². The van der Waals surface area contributed by atoms with Gasteiger partial charge in [-0.3, -0.25) is 4.79 Å². The van der Waals surface area contributed by atoms with Gasteiger partial charge in [0.25, 0.3) is 0 Å². The van der Waals surface area contributed by atoms with Crippen LogP contribution >= 0.6 is 11.3 Å². The van der Waals surface area contributed by atoms with Crippen molar-refractivity contribution in [2.45, 2.75) is 44.1 Å². The van der Waals surface area contributed by atoms with Gasteiger partial charge in [-0.25, -0.2) is 4.98 Å². The van der Waals surface area contributed by atoms with Crippen LogP contribution in [-0.4, -0.2) is 39.7 Å². The molecule has 8 nitrogen and oxygen atoms in total. The first-order valence-corrected chi connectivity index (χ1v) is 10.6. The van der Waals surface area contributed by atoms with Gasteiger partial charge in [-0.2, -0.15) is 5.26 Å². The van der Waals surface area contributed by atoms with Gasteiger partial charge in [0.15, 0.2) is 0 Å². The molecule has 9 heteroatoms. The number of nitrogens with zero attached hydrogens (tertiary/aromatic N) is 5. The zero-order chi connectivity index (χ0) is 19.8. The van der Waals surface area contributed by atoms with Gasteiger partial charge in [-0.15, -0.1) is 21.5 Å². The van der Waals surface area contributed by atoms with Crippen LogP contribution in [-0.2, 0) is 17.6 Å². The maximum atomic E-state index is 12.0. The predicted octanol–water partition coefficient (Wildman–Crippen LogP) is 2.59. The minimum Gasteiger partial charge on any atom is -0.424 e. The van der Waals surface area contributed by atoms with E-state index in [9.17, 15) is 4.79 Å². The van der Waals surface area contributed by atoms with Crippen molar-refractivity contribution in [1.82, 2.24) is 20.5 Å². The summed E-state index contributed by atoms with van der Waals surface area (Å²) >= 11 is 1.61. The zero-order valence-corrected chi connectivity index (χ0v) is 16.7. The number of amides is 1. The highest BCUT2D eigenvalue weighted by atomic mass is 32.1. The number of nitriles is 1. The molecule has 2 fully saturated rings.